The van der Waals surface area contributed by atoms with Crippen molar-refractivity contribution in [3.05, 3.63) is 107 Å². The van der Waals surface area contributed by atoms with Gasteiger partial charge in [-0.2, -0.15) is 39.5 Å². The van der Waals surface area contributed by atoms with Gasteiger partial charge in [-0.1, -0.05) is 11.8 Å². The van der Waals surface area contributed by atoms with Gasteiger partial charge in [0.2, 0.25) is 0 Å². The smallest absolute Gasteiger partial charge is 0.399 e. The van der Waals surface area contributed by atoms with Crippen molar-refractivity contribution < 1.29 is 49.1 Å². The van der Waals surface area contributed by atoms with Crippen LogP contribution in [0.3, 0.4) is 0 Å². The Bertz CT molecular complexity index is 1750. The van der Waals surface area contributed by atoms with Gasteiger partial charge in [0.1, 0.15) is 0 Å². The van der Waals surface area contributed by atoms with Gasteiger partial charge >= 0.3 is 18.5 Å². The quantitative estimate of drug-likeness (QED) is 0.123. The minimum Gasteiger partial charge on any atom is -0.399 e. The van der Waals surface area contributed by atoms with Crippen LogP contribution in [0.5, 0.6) is 0 Å². The summed E-state index contributed by atoms with van der Waals surface area (Å²) in [5, 5.41) is 4.33. The third-order valence-corrected chi connectivity index (χ3v) is 7.15. The normalized spacial score (nSPS) is 12.1. The molecular formula is C29H19F9N4O2S. The fourth-order valence-electron chi connectivity index (χ4n) is 4.04. The summed E-state index contributed by atoms with van der Waals surface area (Å²) in [6.07, 6.45) is -14.8. The van der Waals surface area contributed by atoms with Gasteiger partial charge in [0.25, 0.3) is 11.8 Å². The first kappa shape index (κ1) is 33.0. The maximum absolute atomic E-state index is 13.9. The number of rotatable bonds is 6. The molecule has 0 aliphatic rings. The molecule has 0 fully saturated rings. The number of benzene rings is 4. The first-order valence-corrected chi connectivity index (χ1v) is 13.2. The first-order valence-electron chi connectivity index (χ1n) is 12.4. The number of anilines is 4. The minimum atomic E-state index is -4.96. The second kappa shape index (κ2) is 12.3. The Kier molecular flexibility index (Phi) is 9.00. The van der Waals surface area contributed by atoms with E-state index < -0.39 is 63.8 Å². The zero-order valence-corrected chi connectivity index (χ0v) is 23.1. The van der Waals surface area contributed by atoms with Crippen LogP contribution in [0.4, 0.5) is 62.3 Å². The second-order valence-corrected chi connectivity index (χ2v) is 10.5. The van der Waals surface area contributed by atoms with Gasteiger partial charge in [-0.25, -0.2) is 0 Å². The molecular weight excluding hydrogens is 639 g/mol. The number of carbonyl (C=O) groups excluding carboxylic acids is 2. The van der Waals surface area contributed by atoms with E-state index in [0.29, 0.717) is 30.0 Å². The third-order valence-electron chi connectivity index (χ3n) is 6.07. The summed E-state index contributed by atoms with van der Waals surface area (Å²) in [6.45, 7) is 0. The number of amides is 2. The molecule has 2 amide bonds. The van der Waals surface area contributed by atoms with Gasteiger partial charge in [-0.3, -0.25) is 9.59 Å². The summed E-state index contributed by atoms with van der Waals surface area (Å²) in [5.74, 6) is -2.41. The van der Waals surface area contributed by atoms with Crippen LogP contribution in [-0.4, -0.2) is 11.8 Å². The van der Waals surface area contributed by atoms with Crippen LogP contribution in [0.2, 0.25) is 0 Å². The molecule has 0 bridgehead atoms. The lowest BCUT2D eigenvalue weighted by Gasteiger charge is -2.16. The van der Waals surface area contributed by atoms with Crippen molar-refractivity contribution in [1.29, 1.82) is 0 Å². The summed E-state index contributed by atoms with van der Waals surface area (Å²) < 4.78 is 122. The number of hydrogen-bond donors (Lipinski definition) is 4. The maximum Gasteiger partial charge on any atom is 0.417 e. The second-order valence-electron chi connectivity index (χ2n) is 9.35. The number of nitrogens with two attached hydrogens (primary N) is 2. The van der Waals surface area contributed by atoms with E-state index >= 15 is 0 Å². The van der Waals surface area contributed by atoms with Gasteiger partial charge < -0.3 is 22.1 Å². The van der Waals surface area contributed by atoms with E-state index in [4.69, 9.17) is 11.5 Å². The fraction of sp³-hybridized carbons (Fsp3) is 0.103. The van der Waals surface area contributed by atoms with Crippen LogP contribution < -0.4 is 22.1 Å². The summed E-state index contributed by atoms with van der Waals surface area (Å²) in [5.41, 5.74) is 4.57. The average molecular weight is 659 g/mol. The SMILES string of the molecule is Nc1ccc(C(=O)Nc2ccc(Sc3ccc(NC(=O)c4ccc(N)cc4C(F)(F)F)cc3C(F)(F)F)cc2)c(C(F)(F)F)c1. The van der Waals surface area contributed by atoms with E-state index in [1.165, 1.54) is 24.3 Å². The molecule has 4 aromatic rings. The molecule has 4 rings (SSSR count). The highest BCUT2D eigenvalue weighted by Crippen LogP contribution is 2.42. The van der Waals surface area contributed by atoms with Crippen LogP contribution in [0.1, 0.15) is 37.4 Å². The zero-order valence-electron chi connectivity index (χ0n) is 22.3. The zero-order chi connectivity index (χ0) is 33.3. The Hall–Kier alpha value is -4.86. The monoisotopic (exact) mass is 658 g/mol. The molecule has 16 heteroatoms. The summed E-state index contributed by atoms with van der Waals surface area (Å²) in [6, 6.07) is 12.8. The highest BCUT2D eigenvalue weighted by Gasteiger charge is 2.37. The molecule has 6 N–H and O–H groups in total. The Labute approximate surface area is 252 Å². The molecule has 0 saturated heterocycles. The van der Waals surface area contributed by atoms with E-state index in [9.17, 15) is 49.1 Å². The van der Waals surface area contributed by atoms with Crippen molar-refractivity contribution in [2.45, 2.75) is 28.3 Å². The van der Waals surface area contributed by atoms with Crippen LogP contribution in [0, 0.1) is 0 Å². The van der Waals surface area contributed by atoms with E-state index in [0.717, 1.165) is 36.4 Å². The molecule has 6 nitrogen and oxygen atoms in total. The third kappa shape index (κ3) is 8.00. The lowest BCUT2D eigenvalue weighted by atomic mass is 10.0. The summed E-state index contributed by atoms with van der Waals surface area (Å²) >= 11 is 0.633. The van der Waals surface area contributed by atoms with E-state index in [2.05, 4.69) is 5.32 Å². The van der Waals surface area contributed by atoms with E-state index in [-0.39, 0.29) is 26.9 Å². The number of alkyl halides is 9. The summed E-state index contributed by atoms with van der Waals surface area (Å²) in [7, 11) is 0. The van der Waals surface area contributed by atoms with Crippen molar-refractivity contribution in [1.82, 2.24) is 0 Å². The molecule has 0 aliphatic carbocycles. The van der Waals surface area contributed by atoms with Crippen molar-refractivity contribution in [3.8, 4) is 0 Å². The van der Waals surface area contributed by atoms with Gasteiger partial charge in [-0.15, -0.1) is 0 Å². The van der Waals surface area contributed by atoms with Crippen LogP contribution in [0.25, 0.3) is 0 Å². The maximum atomic E-state index is 13.9. The molecule has 0 spiro atoms. The molecule has 0 aliphatic heterocycles. The molecule has 236 valence electrons. The van der Waals surface area contributed by atoms with Gasteiger partial charge in [0.05, 0.1) is 27.8 Å². The van der Waals surface area contributed by atoms with Crippen molar-refractivity contribution in [2.24, 2.45) is 0 Å². The molecule has 0 radical (unpaired) electrons. The summed E-state index contributed by atoms with van der Waals surface area (Å²) in [4.78, 5) is 25.0. The van der Waals surface area contributed by atoms with Crippen LogP contribution >= 0.6 is 11.8 Å². The Balaban J connectivity index is 1.53. The number of halogens is 9. The molecule has 0 unspecified atom stereocenters. The minimum absolute atomic E-state index is 0.0456. The molecule has 0 aromatic heterocycles. The average Bonchev–Trinajstić information content (AvgIpc) is 2.93. The molecule has 45 heavy (non-hydrogen) atoms. The Morgan fingerprint density at radius 3 is 1.40 bits per heavy atom. The molecule has 0 saturated carbocycles. The van der Waals surface area contributed by atoms with E-state index in [1.807, 2.05) is 5.32 Å². The predicted octanol–water partition coefficient (Wildman–Crippen LogP) is 8.56. The molecule has 0 heterocycles. The Morgan fingerprint density at radius 2 is 0.956 bits per heavy atom. The standard InChI is InChI=1S/C29H19F9N4O2S/c30-27(31,32)21-11-14(39)1-8-19(21)25(43)41-16-3-6-18(7-4-16)45-24-10-5-17(13-23(24)29(36,37)38)42-26(44)20-9-2-15(40)12-22(20)28(33,34)35/h1-13H,39-40H2,(H,41,43)(H,42,44). The predicted molar refractivity (Wildman–Crippen MR) is 150 cm³/mol. The van der Waals surface area contributed by atoms with Crippen LogP contribution in [-0.2, 0) is 18.5 Å². The lowest BCUT2D eigenvalue weighted by Crippen LogP contribution is -2.19. The van der Waals surface area contributed by atoms with Gasteiger partial charge in [0.15, 0.2) is 0 Å². The van der Waals surface area contributed by atoms with E-state index in [1.54, 1.807) is 0 Å². The van der Waals surface area contributed by atoms with Crippen molar-refractivity contribution in [3.63, 3.8) is 0 Å². The highest BCUT2D eigenvalue weighted by atomic mass is 32.2. The topological polar surface area (TPSA) is 110 Å². The number of carbonyl (C=O) groups is 2. The first-order chi connectivity index (χ1) is 20.8. The lowest BCUT2D eigenvalue weighted by molar-refractivity contribution is -0.140. The molecule has 4 aromatic carbocycles. The largest absolute Gasteiger partial charge is 0.417 e. The van der Waals surface area contributed by atoms with Gasteiger partial charge in [-0.05, 0) is 78.9 Å². The van der Waals surface area contributed by atoms with Crippen molar-refractivity contribution >= 4 is 46.3 Å². The number of hydrogen-bond acceptors (Lipinski definition) is 5. The number of nitrogens with one attached hydrogen (secondary N) is 2. The van der Waals surface area contributed by atoms with Gasteiger partial charge in [0, 0.05) is 32.5 Å². The Morgan fingerprint density at radius 1 is 0.533 bits per heavy atom. The molecule has 0 atom stereocenters. The number of nitrogen functional groups attached to an aromatic ring is 2. The van der Waals surface area contributed by atoms with Crippen LogP contribution in [0.15, 0.2) is 88.7 Å². The highest BCUT2D eigenvalue weighted by molar-refractivity contribution is 7.99. The fourth-order valence-corrected chi connectivity index (χ4v) is 4.98. The van der Waals surface area contributed by atoms with Crippen molar-refractivity contribution in [2.75, 3.05) is 22.1 Å².